The molecule has 1 aliphatic carbocycles. The number of nitrogens with zero attached hydrogens (tertiary/aromatic N) is 1. The van der Waals surface area contributed by atoms with Gasteiger partial charge in [-0.05, 0) is 36.5 Å². The number of hydrogen-bond donors (Lipinski definition) is 1. The lowest BCUT2D eigenvalue weighted by atomic mass is 10.1. The number of carbonyl (C=O) groups is 1. The second-order valence-corrected chi connectivity index (χ2v) is 5.58. The molecule has 0 aromatic heterocycles. The normalized spacial score (nSPS) is 15.4. The Morgan fingerprint density at radius 2 is 2.20 bits per heavy atom. The van der Waals surface area contributed by atoms with Gasteiger partial charge in [-0.1, -0.05) is 29.3 Å². The number of nitriles is 1. The van der Waals surface area contributed by atoms with Gasteiger partial charge in [0.25, 0.3) is 0 Å². The predicted octanol–water partition coefficient (Wildman–Crippen LogP) is 3.10. The van der Waals surface area contributed by atoms with E-state index in [1.807, 2.05) is 6.07 Å². The van der Waals surface area contributed by atoms with Gasteiger partial charge in [-0.2, -0.15) is 5.26 Å². The van der Waals surface area contributed by atoms with Gasteiger partial charge in [0.05, 0.1) is 22.7 Å². The van der Waals surface area contributed by atoms with E-state index in [2.05, 4.69) is 5.32 Å². The second-order valence-electron chi connectivity index (χ2n) is 4.76. The zero-order chi connectivity index (χ0) is 14.5. The number of halogens is 2. The van der Waals surface area contributed by atoms with Crippen LogP contribution in [0.2, 0.25) is 10.0 Å². The number of benzene rings is 1. The van der Waals surface area contributed by atoms with Gasteiger partial charge in [-0.25, -0.2) is 0 Å². The summed E-state index contributed by atoms with van der Waals surface area (Å²) in [7, 11) is 0. The molecule has 1 aromatic carbocycles. The minimum Gasteiger partial charge on any atom is -0.371 e. The number of nitrogens with one attached hydrogen (secondary N) is 1. The van der Waals surface area contributed by atoms with Crippen LogP contribution in [0, 0.1) is 17.2 Å². The number of carbonyl (C=O) groups excluding carboxylic acids is 1. The number of amides is 1. The summed E-state index contributed by atoms with van der Waals surface area (Å²) >= 11 is 11.7. The monoisotopic (exact) mass is 312 g/mol. The summed E-state index contributed by atoms with van der Waals surface area (Å²) in [6, 6.07) is 6.09. The molecule has 0 heterocycles. The fourth-order valence-corrected chi connectivity index (χ4v) is 1.99. The molecule has 1 N–H and O–H groups in total. The van der Waals surface area contributed by atoms with Crippen molar-refractivity contribution in [3.63, 3.8) is 0 Å². The predicted molar refractivity (Wildman–Crippen MR) is 76.5 cm³/mol. The van der Waals surface area contributed by atoms with Crippen molar-refractivity contribution in [2.24, 2.45) is 5.92 Å². The average Bonchev–Trinajstić information content (AvgIpc) is 3.23. The highest BCUT2D eigenvalue weighted by Crippen LogP contribution is 2.28. The van der Waals surface area contributed by atoms with Crippen LogP contribution in [-0.2, 0) is 9.53 Å². The number of ether oxygens (including phenoxy) is 1. The molecule has 0 spiro atoms. The molecular formula is C14H14Cl2N2O2. The molecule has 1 aliphatic rings. The Bertz CT molecular complexity index is 538. The van der Waals surface area contributed by atoms with Crippen LogP contribution in [0.4, 0.5) is 0 Å². The zero-order valence-corrected chi connectivity index (χ0v) is 12.2. The minimum absolute atomic E-state index is 0.0317. The smallest absolute Gasteiger partial charge is 0.247 e. The maximum Gasteiger partial charge on any atom is 0.247 e. The van der Waals surface area contributed by atoms with Gasteiger partial charge < -0.3 is 10.1 Å². The van der Waals surface area contributed by atoms with Gasteiger partial charge in [0.2, 0.25) is 5.91 Å². The van der Waals surface area contributed by atoms with Crippen LogP contribution in [0.1, 0.15) is 24.4 Å². The van der Waals surface area contributed by atoms with Gasteiger partial charge in [0.15, 0.2) is 0 Å². The molecule has 0 saturated heterocycles. The van der Waals surface area contributed by atoms with Crippen molar-refractivity contribution in [3.05, 3.63) is 33.8 Å². The van der Waals surface area contributed by atoms with Crippen LogP contribution in [0.5, 0.6) is 0 Å². The van der Waals surface area contributed by atoms with Crippen molar-refractivity contribution >= 4 is 29.1 Å². The molecule has 1 atom stereocenters. The quantitative estimate of drug-likeness (QED) is 0.878. The standard InChI is InChI=1S/C14H14Cl2N2O2/c15-11-4-3-10(5-12(11)16)13(6-17)18-14(19)8-20-7-9-1-2-9/h3-5,9,13H,1-2,7-8H2,(H,18,19)/t13-/m0/s1. The summed E-state index contributed by atoms with van der Waals surface area (Å²) in [5.41, 5.74) is 0.595. The van der Waals surface area contributed by atoms with E-state index < -0.39 is 6.04 Å². The molecule has 0 radical (unpaired) electrons. The summed E-state index contributed by atoms with van der Waals surface area (Å²) in [5, 5.41) is 12.5. The molecule has 1 amide bonds. The topological polar surface area (TPSA) is 62.1 Å². The van der Waals surface area contributed by atoms with E-state index in [-0.39, 0.29) is 12.5 Å². The van der Waals surface area contributed by atoms with Crippen LogP contribution < -0.4 is 5.32 Å². The van der Waals surface area contributed by atoms with Crippen molar-refractivity contribution in [3.8, 4) is 6.07 Å². The van der Waals surface area contributed by atoms with Crippen molar-refractivity contribution in [2.45, 2.75) is 18.9 Å². The second kappa shape index (κ2) is 6.94. The van der Waals surface area contributed by atoms with Crippen molar-refractivity contribution in [2.75, 3.05) is 13.2 Å². The van der Waals surface area contributed by atoms with E-state index in [0.29, 0.717) is 28.1 Å². The maximum atomic E-state index is 11.7. The highest BCUT2D eigenvalue weighted by molar-refractivity contribution is 6.42. The third-order valence-corrected chi connectivity index (χ3v) is 3.73. The van der Waals surface area contributed by atoms with Crippen LogP contribution in [-0.4, -0.2) is 19.1 Å². The van der Waals surface area contributed by atoms with E-state index in [9.17, 15) is 4.79 Å². The average molecular weight is 313 g/mol. The van der Waals surface area contributed by atoms with Crippen molar-refractivity contribution in [1.82, 2.24) is 5.32 Å². The molecule has 2 rings (SSSR count). The molecule has 6 heteroatoms. The van der Waals surface area contributed by atoms with Crippen LogP contribution in [0.25, 0.3) is 0 Å². The highest BCUT2D eigenvalue weighted by atomic mass is 35.5. The summed E-state index contributed by atoms with van der Waals surface area (Å²) in [4.78, 5) is 11.7. The lowest BCUT2D eigenvalue weighted by Gasteiger charge is -2.13. The Morgan fingerprint density at radius 3 is 2.80 bits per heavy atom. The molecule has 0 aliphatic heterocycles. The Hall–Kier alpha value is -1.28. The summed E-state index contributed by atoms with van der Waals surface area (Å²) in [5.74, 6) is 0.285. The Labute approximate surface area is 127 Å². The van der Waals surface area contributed by atoms with Gasteiger partial charge in [-0.3, -0.25) is 4.79 Å². The number of hydrogen-bond acceptors (Lipinski definition) is 3. The van der Waals surface area contributed by atoms with Gasteiger partial charge >= 0.3 is 0 Å². The summed E-state index contributed by atoms with van der Waals surface area (Å²) in [6.07, 6.45) is 2.34. The third kappa shape index (κ3) is 4.38. The van der Waals surface area contributed by atoms with Gasteiger partial charge in [0, 0.05) is 0 Å². The SMILES string of the molecule is N#C[C@H](NC(=O)COCC1CC1)c1ccc(Cl)c(Cl)c1. The first-order chi connectivity index (χ1) is 9.60. The molecule has 106 valence electrons. The fourth-order valence-electron chi connectivity index (χ4n) is 1.69. The molecule has 1 fully saturated rings. The summed E-state index contributed by atoms with van der Waals surface area (Å²) in [6.45, 7) is 0.577. The lowest BCUT2D eigenvalue weighted by Crippen LogP contribution is -2.31. The third-order valence-electron chi connectivity index (χ3n) is 3.00. The molecule has 20 heavy (non-hydrogen) atoms. The highest BCUT2D eigenvalue weighted by Gasteiger charge is 2.22. The van der Waals surface area contributed by atoms with Gasteiger partial charge in [0.1, 0.15) is 12.6 Å². The Morgan fingerprint density at radius 1 is 1.45 bits per heavy atom. The van der Waals surface area contributed by atoms with E-state index in [1.165, 1.54) is 12.8 Å². The zero-order valence-electron chi connectivity index (χ0n) is 10.7. The minimum atomic E-state index is -0.762. The molecule has 1 saturated carbocycles. The van der Waals surface area contributed by atoms with E-state index in [1.54, 1.807) is 18.2 Å². The number of rotatable bonds is 6. The Balaban J connectivity index is 1.88. The molecule has 4 nitrogen and oxygen atoms in total. The molecule has 0 bridgehead atoms. The first-order valence-corrected chi connectivity index (χ1v) is 7.07. The first-order valence-electron chi connectivity index (χ1n) is 6.32. The summed E-state index contributed by atoms with van der Waals surface area (Å²) < 4.78 is 5.27. The Kier molecular flexibility index (Phi) is 5.24. The van der Waals surface area contributed by atoms with Crippen molar-refractivity contribution < 1.29 is 9.53 Å². The van der Waals surface area contributed by atoms with Crippen molar-refractivity contribution in [1.29, 1.82) is 5.26 Å². The maximum absolute atomic E-state index is 11.7. The van der Waals surface area contributed by atoms with E-state index in [4.69, 9.17) is 33.2 Å². The fraction of sp³-hybridized carbons (Fsp3) is 0.429. The largest absolute Gasteiger partial charge is 0.371 e. The molecule has 0 unspecified atom stereocenters. The lowest BCUT2D eigenvalue weighted by molar-refractivity contribution is -0.126. The van der Waals surface area contributed by atoms with Crippen LogP contribution in [0.15, 0.2) is 18.2 Å². The van der Waals surface area contributed by atoms with Gasteiger partial charge in [-0.15, -0.1) is 0 Å². The van der Waals surface area contributed by atoms with E-state index in [0.717, 1.165) is 0 Å². The molecule has 1 aromatic rings. The van der Waals surface area contributed by atoms with Crippen LogP contribution in [0.3, 0.4) is 0 Å². The van der Waals surface area contributed by atoms with E-state index >= 15 is 0 Å². The van der Waals surface area contributed by atoms with Crippen LogP contribution >= 0.6 is 23.2 Å². The first kappa shape index (κ1) is 15.1. The molecular weight excluding hydrogens is 299 g/mol.